The van der Waals surface area contributed by atoms with Gasteiger partial charge in [0.1, 0.15) is 0 Å². The molecule has 0 aromatic rings. The quantitative estimate of drug-likeness (QED) is 0.711. The molecule has 106 valence electrons. The van der Waals surface area contributed by atoms with Crippen LogP contribution < -0.4 is 0 Å². The molecular formula is C14H26O4. The summed E-state index contributed by atoms with van der Waals surface area (Å²) in [5.74, 6) is -0.881. The van der Waals surface area contributed by atoms with Gasteiger partial charge in [0, 0.05) is 0 Å². The van der Waals surface area contributed by atoms with Gasteiger partial charge < -0.3 is 9.47 Å². The van der Waals surface area contributed by atoms with Crippen LogP contribution in [0.25, 0.3) is 0 Å². The zero-order chi connectivity index (χ0) is 14.6. The van der Waals surface area contributed by atoms with Crippen molar-refractivity contribution >= 4 is 11.9 Å². The van der Waals surface area contributed by atoms with Crippen molar-refractivity contribution in [1.29, 1.82) is 0 Å². The Bertz CT molecular complexity index is 303. The van der Waals surface area contributed by atoms with Crippen LogP contribution in [-0.4, -0.2) is 26.2 Å². The van der Waals surface area contributed by atoms with Crippen molar-refractivity contribution in [2.24, 2.45) is 16.7 Å². The first-order valence-electron chi connectivity index (χ1n) is 6.22. The summed E-state index contributed by atoms with van der Waals surface area (Å²) in [5.41, 5.74) is -0.681. The summed E-state index contributed by atoms with van der Waals surface area (Å²) in [6, 6.07) is 0. The minimum atomic E-state index is -0.666. The molecule has 0 amide bonds. The van der Waals surface area contributed by atoms with Crippen LogP contribution in [0.3, 0.4) is 0 Å². The summed E-state index contributed by atoms with van der Waals surface area (Å²) in [4.78, 5) is 23.5. The van der Waals surface area contributed by atoms with E-state index in [0.717, 1.165) is 0 Å². The van der Waals surface area contributed by atoms with Gasteiger partial charge in [-0.15, -0.1) is 0 Å². The van der Waals surface area contributed by atoms with Crippen molar-refractivity contribution < 1.29 is 19.1 Å². The van der Waals surface area contributed by atoms with Crippen LogP contribution in [0, 0.1) is 16.7 Å². The predicted molar refractivity (Wildman–Crippen MR) is 70.0 cm³/mol. The molecule has 0 saturated heterocycles. The van der Waals surface area contributed by atoms with Crippen molar-refractivity contribution in [2.75, 3.05) is 14.2 Å². The Balaban J connectivity index is 5.00. The molecule has 0 N–H and O–H groups in total. The largest absolute Gasteiger partial charge is 0.469 e. The number of methoxy groups -OCH3 is 2. The lowest BCUT2D eigenvalue weighted by Crippen LogP contribution is -2.36. The molecule has 0 heterocycles. The minimum absolute atomic E-state index is 0.0151. The van der Waals surface area contributed by atoms with E-state index in [-0.39, 0.29) is 23.3 Å². The molecule has 2 atom stereocenters. The highest BCUT2D eigenvalue weighted by molar-refractivity contribution is 5.78. The Kier molecular flexibility index (Phi) is 5.84. The van der Waals surface area contributed by atoms with Crippen LogP contribution in [0.5, 0.6) is 0 Å². The van der Waals surface area contributed by atoms with Crippen LogP contribution in [0.2, 0.25) is 0 Å². The smallest absolute Gasteiger partial charge is 0.311 e. The highest BCUT2D eigenvalue weighted by Crippen LogP contribution is 2.39. The van der Waals surface area contributed by atoms with E-state index in [2.05, 4.69) is 20.8 Å². The molecular weight excluding hydrogens is 232 g/mol. The Morgan fingerprint density at radius 3 is 1.89 bits per heavy atom. The standard InChI is InChI=1S/C14H26O4/c1-10(11(15)17-6)8-14(5,12(16)18-7)9-13(2,3)4/h10H,8-9H2,1-7H3. The van der Waals surface area contributed by atoms with Gasteiger partial charge in [0.05, 0.1) is 25.6 Å². The fourth-order valence-electron chi connectivity index (χ4n) is 2.60. The molecule has 4 nitrogen and oxygen atoms in total. The second-order valence-electron chi connectivity index (χ2n) is 6.42. The Morgan fingerprint density at radius 1 is 1.06 bits per heavy atom. The normalized spacial score (nSPS) is 16.6. The number of ether oxygens (including phenoxy) is 2. The van der Waals surface area contributed by atoms with Crippen LogP contribution in [0.1, 0.15) is 47.5 Å². The van der Waals surface area contributed by atoms with Gasteiger partial charge in [-0.3, -0.25) is 9.59 Å². The van der Waals surface area contributed by atoms with Gasteiger partial charge in [0.15, 0.2) is 0 Å². The van der Waals surface area contributed by atoms with Gasteiger partial charge in [-0.25, -0.2) is 0 Å². The average Bonchev–Trinajstić information content (AvgIpc) is 2.23. The van der Waals surface area contributed by atoms with E-state index in [1.807, 2.05) is 6.92 Å². The number of esters is 2. The molecule has 0 fully saturated rings. The molecule has 0 aliphatic carbocycles. The molecule has 0 aromatic heterocycles. The Labute approximate surface area is 110 Å². The van der Waals surface area contributed by atoms with E-state index >= 15 is 0 Å². The van der Waals surface area contributed by atoms with E-state index in [4.69, 9.17) is 9.47 Å². The summed E-state index contributed by atoms with van der Waals surface area (Å²) in [5, 5.41) is 0. The molecule has 0 spiro atoms. The van der Waals surface area contributed by atoms with Gasteiger partial charge in [-0.05, 0) is 25.2 Å². The first kappa shape index (κ1) is 16.9. The monoisotopic (exact) mass is 258 g/mol. The van der Waals surface area contributed by atoms with Crippen molar-refractivity contribution in [2.45, 2.75) is 47.5 Å². The zero-order valence-electron chi connectivity index (χ0n) is 12.6. The number of hydrogen-bond acceptors (Lipinski definition) is 4. The first-order valence-corrected chi connectivity index (χ1v) is 6.22. The third-order valence-corrected chi connectivity index (χ3v) is 2.96. The van der Waals surface area contributed by atoms with Gasteiger partial charge >= 0.3 is 11.9 Å². The number of rotatable bonds is 5. The summed E-state index contributed by atoms with van der Waals surface area (Å²) in [7, 11) is 2.74. The Morgan fingerprint density at radius 2 is 1.56 bits per heavy atom. The minimum Gasteiger partial charge on any atom is -0.469 e. The van der Waals surface area contributed by atoms with Crippen LogP contribution in [0.15, 0.2) is 0 Å². The summed E-state index contributed by atoms with van der Waals surface area (Å²) >= 11 is 0. The van der Waals surface area contributed by atoms with Crippen LogP contribution in [0.4, 0.5) is 0 Å². The van der Waals surface area contributed by atoms with Crippen molar-refractivity contribution in [3.05, 3.63) is 0 Å². The van der Waals surface area contributed by atoms with E-state index in [1.165, 1.54) is 14.2 Å². The maximum absolute atomic E-state index is 12.0. The lowest BCUT2D eigenvalue weighted by molar-refractivity contribution is -0.157. The SMILES string of the molecule is COC(=O)C(C)CC(C)(CC(C)(C)C)C(=O)OC. The first-order chi connectivity index (χ1) is 8.05. The Hall–Kier alpha value is -1.06. The molecule has 0 aliphatic rings. The molecule has 0 radical (unpaired) electrons. The summed E-state index contributed by atoms with van der Waals surface area (Å²) in [6.45, 7) is 9.82. The summed E-state index contributed by atoms with van der Waals surface area (Å²) in [6.07, 6.45) is 1.09. The maximum Gasteiger partial charge on any atom is 0.311 e. The van der Waals surface area contributed by atoms with Crippen molar-refractivity contribution in [3.63, 3.8) is 0 Å². The second kappa shape index (κ2) is 6.21. The molecule has 4 heteroatoms. The van der Waals surface area contributed by atoms with E-state index in [0.29, 0.717) is 12.8 Å². The van der Waals surface area contributed by atoms with Crippen LogP contribution >= 0.6 is 0 Å². The maximum atomic E-state index is 12.0. The molecule has 0 bridgehead atoms. The lowest BCUT2D eigenvalue weighted by Gasteiger charge is -2.34. The number of carbonyl (C=O) groups excluding carboxylic acids is 2. The van der Waals surface area contributed by atoms with Crippen molar-refractivity contribution in [3.8, 4) is 0 Å². The predicted octanol–water partition coefficient (Wildman–Crippen LogP) is 2.80. The third-order valence-electron chi connectivity index (χ3n) is 2.96. The highest BCUT2D eigenvalue weighted by Gasteiger charge is 2.40. The van der Waals surface area contributed by atoms with E-state index in [9.17, 15) is 9.59 Å². The molecule has 0 rings (SSSR count). The molecule has 0 saturated carbocycles. The van der Waals surface area contributed by atoms with E-state index < -0.39 is 5.41 Å². The number of hydrogen-bond donors (Lipinski definition) is 0. The fourth-order valence-corrected chi connectivity index (χ4v) is 2.60. The average molecular weight is 258 g/mol. The van der Waals surface area contributed by atoms with Crippen LogP contribution in [-0.2, 0) is 19.1 Å². The third kappa shape index (κ3) is 5.07. The van der Waals surface area contributed by atoms with Crippen molar-refractivity contribution in [1.82, 2.24) is 0 Å². The highest BCUT2D eigenvalue weighted by atomic mass is 16.5. The van der Waals surface area contributed by atoms with Gasteiger partial charge in [-0.1, -0.05) is 27.7 Å². The molecule has 18 heavy (non-hydrogen) atoms. The molecule has 0 aromatic carbocycles. The fraction of sp³-hybridized carbons (Fsp3) is 0.857. The van der Waals surface area contributed by atoms with Gasteiger partial charge in [-0.2, -0.15) is 0 Å². The zero-order valence-corrected chi connectivity index (χ0v) is 12.6. The topological polar surface area (TPSA) is 52.6 Å². The van der Waals surface area contributed by atoms with E-state index in [1.54, 1.807) is 6.92 Å². The van der Waals surface area contributed by atoms with Gasteiger partial charge in [0.2, 0.25) is 0 Å². The van der Waals surface area contributed by atoms with Gasteiger partial charge in [0.25, 0.3) is 0 Å². The molecule has 2 unspecified atom stereocenters. The number of carbonyl (C=O) groups is 2. The lowest BCUT2D eigenvalue weighted by atomic mass is 9.70. The second-order valence-corrected chi connectivity index (χ2v) is 6.42. The molecule has 0 aliphatic heterocycles. The summed E-state index contributed by atoms with van der Waals surface area (Å²) < 4.78 is 9.59.